The number of nitrogens with zero attached hydrogens (tertiary/aromatic N) is 2. The van der Waals surface area contributed by atoms with Crippen LogP contribution in [-0.4, -0.2) is 50.7 Å². The molecule has 1 aromatic carbocycles. The molecule has 26 heavy (non-hydrogen) atoms. The Morgan fingerprint density at radius 3 is 2.73 bits per heavy atom. The van der Waals surface area contributed by atoms with E-state index in [9.17, 15) is 4.39 Å². The van der Waals surface area contributed by atoms with Gasteiger partial charge in [0.1, 0.15) is 0 Å². The van der Waals surface area contributed by atoms with E-state index >= 15 is 0 Å². The molecular weight excluding hydrogens is 331 g/mol. The first-order valence-electron chi connectivity index (χ1n) is 9.69. The Bertz CT molecular complexity index is 571. The number of nitrogens with one attached hydrogen (secondary N) is 2. The van der Waals surface area contributed by atoms with Gasteiger partial charge in [-0.1, -0.05) is 13.0 Å². The number of hydrogen-bond donors (Lipinski definition) is 2. The van der Waals surface area contributed by atoms with Gasteiger partial charge in [-0.2, -0.15) is 0 Å². The molecule has 0 amide bonds. The maximum Gasteiger partial charge on any atom is 0.191 e. The fraction of sp³-hybridized carbons (Fsp3) is 0.650. The summed E-state index contributed by atoms with van der Waals surface area (Å²) in [6.07, 6.45) is 3.72. The van der Waals surface area contributed by atoms with Crippen LogP contribution in [0.25, 0.3) is 0 Å². The summed E-state index contributed by atoms with van der Waals surface area (Å²) in [5, 5.41) is 6.61. The first-order valence-corrected chi connectivity index (χ1v) is 9.69. The van der Waals surface area contributed by atoms with Crippen molar-refractivity contribution in [1.82, 2.24) is 15.5 Å². The molecule has 5 nitrogen and oxygen atoms in total. The van der Waals surface area contributed by atoms with Gasteiger partial charge in [-0.15, -0.1) is 0 Å². The van der Waals surface area contributed by atoms with Crippen LogP contribution in [0, 0.1) is 11.7 Å². The molecule has 2 N–H and O–H groups in total. The Kier molecular flexibility index (Phi) is 8.68. The van der Waals surface area contributed by atoms with Crippen LogP contribution in [-0.2, 0) is 6.54 Å². The summed E-state index contributed by atoms with van der Waals surface area (Å²) in [4.78, 5) is 7.10. The molecule has 1 fully saturated rings. The lowest BCUT2D eigenvalue weighted by Gasteiger charge is -2.30. The molecular formula is C20H33FN4O. The summed E-state index contributed by atoms with van der Waals surface area (Å²) in [6.45, 7) is 10.1. The van der Waals surface area contributed by atoms with Gasteiger partial charge >= 0.3 is 0 Å². The number of hydrogen-bond acceptors (Lipinski definition) is 3. The Morgan fingerprint density at radius 1 is 1.31 bits per heavy atom. The number of ether oxygens (including phenoxy) is 1. The van der Waals surface area contributed by atoms with Gasteiger partial charge in [-0.3, -0.25) is 0 Å². The number of piperidine rings is 1. The van der Waals surface area contributed by atoms with Crippen molar-refractivity contribution >= 4 is 5.96 Å². The maximum absolute atomic E-state index is 13.8. The van der Waals surface area contributed by atoms with Gasteiger partial charge in [0.25, 0.3) is 0 Å². The second-order valence-electron chi connectivity index (χ2n) is 6.97. The summed E-state index contributed by atoms with van der Waals surface area (Å²) >= 11 is 0. The minimum absolute atomic E-state index is 0.259. The molecule has 1 aliphatic heterocycles. The van der Waals surface area contributed by atoms with E-state index in [4.69, 9.17) is 4.74 Å². The summed E-state index contributed by atoms with van der Waals surface area (Å²) in [5.41, 5.74) is 0.822. The largest absolute Gasteiger partial charge is 0.494 e. The Morgan fingerprint density at radius 2 is 2.08 bits per heavy atom. The minimum Gasteiger partial charge on any atom is -0.494 e. The highest BCUT2D eigenvalue weighted by molar-refractivity contribution is 5.79. The first kappa shape index (κ1) is 20.5. The molecule has 0 bridgehead atoms. The van der Waals surface area contributed by atoms with Gasteiger partial charge in [0.2, 0.25) is 0 Å². The first-order chi connectivity index (χ1) is 12.6. The highest BCUT2D eigenvalue weighted by Crippen LogP contribution is 2.18. The number of rotatable bonds is 8. The number of benzene rings is 1. The molecule has 0 aliphatic carbocycles. The summed E-state index contributed by atoms with van der Waals surface area (Å²) < 4.78 is 18.7. The lowest BCUT2D eigenvalue weighted by molar-refractivity contribution is 0.191. The average molecular weight is 365 g/mol. The Labute approximate surface area is 157 Å². The zero-order chi connectivity index (χ0) is 18.8. The Balaban J connectivity index is 1.76. The third-order valence-corrected chi connectivity index (χ3v) is 4.80. The van der Waals surface area contributed by atoms with Gasteiger partial charge in [0, 0.05) is 13.1 Å². The van der Waals surface area contributed by atoms with Crippen LogP contribution in [0.2, 0.25) is 0 Å². The van der Waals surface area contributed by atoms with E-state index in [0.717, 1.165) is 43.5 Å². The SMILES string of the molecule is CCNC(=NCc1ccc(OC)c(F)c1)NCCCN1CCC(C)CC1. The van der Waals surface area contributed by atoms with Crippen LogP contribution < -0.4 is 15.4 Å². The molecule has 0 spiro atoms. The minimum atomic E-state index is -0.353. The monoisotopic (exact) mass is 364 g/mol. The fourth-order valence-electron chi connectivity index (χ4n) is 3.12. The summed E-state index contributed by atoms with van der Waals surface area (Å²) in [5.74, 6) is 1.56. The molecule has 0 aromatic heterocycles. The number of likely N-dealkylation sites (tertiary alicyclic amines) is 1. The predicted molar refractivity (Wildman–Crippen MR) is 105 cm³/mol. The summed E-state index contributed by atoms with van der Waals surface area (Å²) in [6, 6.07) is 4.95. The van der Waals surface area contributed by atoms with Crippen LogP contribution in [0.5, 0.6) is 5.75 Å². The summed E-state index contributed by atoms with van der Waals surface area (Å²) in [7, 11) is 1.47. The number of halogens is 1. The quantitative estimate of drug-likeness (QED) is 0.423. The average Bonchev–Trinajstić information content (AvgIpc) is 2.64. The van der Waals surface area contributed by atoms with Crippen molar-refractivity contribution in [2.45, 2.75) is 39.7 Å². The van der Waals surface area contributed by atoms with E-state index in [0.29, 0.717) is 6.54 Å². The zero-order valence-electron chi connectivity index (χ0n) is 16.4. The van der Waals surface area contributed by atoms with Crippen molar-refractivity contribution in [3.8, 4) is 5.75 Å². The third-order valence-electron chi connectivity index (χ3n) is 4.80. The van der Waals surface area contributed by atoms with Gasteiger partial charge in [0.05, 0.1) is 13.7 Å². The molecule has 0 unspecified atom stereocenters. The number of methoxy groups -OCH3 is 1. The van der Waals surface area contributed by atoms with E-state index in [1.165, 1.54) is 39.1 Å². The van der Waals surface area contributed by atoms with Crippen molar-refractivity contribution in [2.75, 3.05) is 39.8 Å². The zero-order valence-corrected chi connectivity index (χ0v) is 16.4. The van der Waals surface area contributed by atoms with E-state index in [1.807, 2.05) is 13.0 Å². The van der Waals surface area contributed by atoms with Crippen LogP contribution in [0.3, 0.4) is 0 Å². The van der Waals surface area contributed by atoms with Crippen LogP contribution in [0.4, 0.5) is 4.39 Å². The van der Waals surface area contributed by atoms with Crippen molar-refractivity contribution in [1.29, 1.82) is 0 Å². The molecule has 146 valence electrons. The molecule has 6 heteroatoms. The van der Waals surface area contributed by atoms with Crippen LogP contribution >= 0.6 is 0 Å². The standard InChI is InChI=1S/C20H33FN4O/c1-4-22-20(23-10-5-11-25-12-8-16(2)9-13-25)24-15-17-6-7-19(26-3)18(21)14-17/h6-7,14,16H,4-5,8-13,15H2,1-3H3,(H2,22,23,24). The van der Waals surface area contributed by atoms with E-state index in [2.05, 4.69) is 27.4 Å². The molecule has 0 radical (unpaired) electrons. The van der Waals surface area contributed by atoms with Crippen molar-refractivity contribution in [3.05, 3.63) is 29.6 Å². The van der Waals surface area contributed by atoms with Gasteiger partial charge in [0.15, 0.2) is 17.5 Å². The van der Waals surface area contributed by atoms with Gasteiger partial charge in [-0.25, -0.2) is 9.38 Å². The van der Waals surface area contributed by atoms with Gasteiger partial charge in [-0.05, 0) is 69.4 Å². The van der Waals surface area contributed by atoms with E-state index < -0.39 is 0 Å². The van der Waals surface area contributed by atoms with Gasteiger partial charge < -0.3 is 20.3 Å². The normalized spacial score (nSPS) is 16.5. The van der Waals surface area contributed by atoms with Crippen LogP contribution in [0.1, 0.15) is 38.7 Å². The number of guanidine groups is 1. The predicted octanol–water partition coefficient (Wildman–Crippen LogP) is 3.01. The number of aliphatic imine (C=N–C) groups is 1. The van der Waals surface area contributed by atoms with Crippen molar-refractivity contribution < 1.29 is 9.13 Å². The molecule has 0 atom stereocenters. The van der Waals surface area contributed by atoms with Crippen molar-refractivity contribution in [2.24, 2.45) is 10.9 Å². The lowest BCUT2D eigenvalue weighted by Crippen LogP contribution is -2.39. The third kappa shape index (κ3) is 6.83. The molecule has 0 saturated carbocycles. The smallest absolute Gasteiger partial charge is 0.191 e. The topological polar surface area (TPSA) is 48.9 Å². The van der Waals surface area contributed by atoms with Crippen molar-refractivity contribution in [3.63, 3.8) is 0 Å². The maximum atomic E-state index is 13.8. The highest BCUT2D eigenvalue weighted by Gasteiger charge is 2.14. The fourth-order valence-corrected chi connectivity index (χ4v) is 3.12. The second kappa shape index (κ2) is 11.0. The molecule has 1 heterocycles. The molecule has 1 aromatic rings. The lowest BCUT2D eigenvalue weighted by atomic mass is 9.99. The molecule has 1 saturated heterocycles. The molecule has 2 rings (SSSR count). The van der Waals surface area contributed by atoms with E-state index in [1.54, 1.807) is 6.07 Å². The second-order valence-corrected chi connectivity index (χ2v) is 6.97. The molecule has 1 aliphatic rings. The van der Waals surface area contributed by atoms with E-state index in [-0.39, 0.29) is 11.6 Å². The highest BCUT2D eigenvalue weighted by atomic mass is 19.1. The Hall–Kier alpha value is -1.82. The van der Waals surface area contributed by atoms with Crippen LogP contribution in [0.15, 0.2) is 23.2 Å².